The lowest BCUT2D eigenvalue weighted by Crippen LogP contribution is -2.31. The van der Waals surface area contributed by atoms with Crippen molar-refractivity contribution in [2.24, 2.45) is 4.99 Å². The van der Waals surface area contributed by atoms with Gasteiger partial charge in [0.2, 0.25) is 0 Å². The van der Waals surface area contributed by atoms with E-state index >= 15 is 0 Å². The van der Waals surface area contributed by atoms with Crippen LogP contribution in [0.15, 0.2) is 78.1 Å². The number of allylic oxidation sites excluding steroid dienone is 2. The molecule has 9 heteroatoms. The van der Waals surface area contributed by atoms with Crippen molar-refractivity contribution in [2.45, 2.75) is 52.6 Å². The first kappa shape index (κ1) is 34.1. The molecule has 0 amide bonds. The first-order valence-electron chi connectivity index (χ1n) is 15.2. The van der Waals surface area contributed by atoms with Crippen molar-refractivity contribution < 1.29 is 19.4 Å². The predicted molar refractivity (Wildman–Crippen MR) is 178 cm³/mol. The van der Waals surface area contributed by atoms with E-state index in [0.717, 1.165) is 40.9 Å². The molecule has 0 radical (unpaired) electrons. The van der Waals surface area contributed by atoms with Gasteiger partial charge in [-0.1, -0.05) is 56.8 Å². The van der Waals surface area contributed by atoms with Crippen LogP contribution >= 0.6 is 0 Å². The number of aliphatic hydroxyl groups is 1. The predicted octanol–water partition coefficient (Wildman–Crippen LogP) is 6.04. The van der Waals surface area contributed by atoms with Crippen LogP contribution in [-0.2, 0) is 9.47 Å². The number of hydrogen-bond donors (Lipinski definition) is 3. The van der Waals surface area contributed by atoms with Crippen LogP contribution in [0.4, 0.5) is 11.4 Å². The molecule has 9 nitrogen and oxygen atoms in total. The van der Waals surface area contributed by atoms with Gasteiger partial charge in [-0.25, -0.2) is 9.79 Å². The molecule has 0 saturated carbocycles. The summed E-state index contributed by atoms with van der Waals surface area (Å²) in [4.78, 5) is 20.4. The number of anilines is 2. The summed E-state index contributed by atoms with van der Waals surface area (Å²) in [5, 5.41) is 24.8. The lowest BCUT2D eigenvalue weighted by molar-refractivity contribution is -0.0158. The molecular formula is C35H45N5O4. The fraction of sp³-hybridized carbons (Fsp3) is 0.400. The van der Waals surface area contributed by atoms with Gasteiger partial charge in [0, 0.05) is 42.9 Å². The van der Waals surface area contributed by atoms with Crippen molar-refractivity contribution >= 4 is 28.8 Å². The summed E-state index contributed by atoms with van der Waals surface area (Å²) in [5.74, 6) is 0.000515. The van der Waals surface area contributed by atoms with Crippen molar-refractivity contribution in [1.82, 2.24) is 5.32 Å². The number of ether oxygens (including phenoxy) is 2. The van der Waals surface area contributed by atoms with Crippen LogP contribution in [0.25, 0.3) is 5.70 Å². The van der Waals surface area contributed by atoms with E-state index in [1.165, 1.54) is 0 Å². The highest BCUT2D eigenvalue weighted by Gasteiger charge is 2.23. The Bertz CT molecular complexity index is 1380. The van der Waals surface area contributed by atoms with Crippen molar-refractivity contribution in [2.75, 3.05) is 49.7 Å². The Balaban J connectivity index is 1.90. The van der Waals surface area contributed by atoms with Crippen LogP contribution in [0.3, 0.4) is 0 Å². The Morgan fingerprint density at radius 3 is 2.52 bits per heavy atom. The van der Waals surface area contributed by atoms with Crippen molar-refractivity contribution in [3.63, 3.8) is 0 Å². The number of aliphatic imine (C=N–C) groups is 1. The molecule has 1 saturated heterocycles. The maximum absolute atomic E-state index is 13.5. The van der Waals surface area contributed by atoms with E-state index in [9.17, 15) is 9.90 Å². The SMILES string of the molecule is C=C(/N=C(\C(C)=C/C)c1ccc(C(=C)NCC#N)cc1)Nc1ccc(N(CCO)CCCC)c(C(=O)OC2CCOCC2)c1. The zero-order chi connectivity index (χ0) is 31.9. The Morgan fingerprint density at radius 2 is 1.89 bits per heavy atom. The van der Waals surface area contributed by atoms with Gasteiger partial charge in [0.15, 0.2) is 0 Å². The van der Waals surface area contributed by atoms with Gasteiger partial charge in [-0.15, -0.1) is 0 Å². The molecule has 44 heavy (non-hydrogen) atoms. The van der Waals surface area contributed by atoms with Gasteiger partial charge < -0.3 is 30.1 Å². The van der Waals surface area contributed by atoms with Crippen molar-refractivity contribution in [3.05, 3.63) is 89.8 Å². The maximum Gasteiger partial charge on any atom is 0.340 e. The molecule has 0 spiro atoms. The lowest BCUT2D eigenvalue weighted by atomic mass is 10.0. The number of nitrogens with zero attached hydrogens (tertiary/aromatic N) is 3. The molecule has 2 aromatic rings. The van der Waals surface area contributed by atoms with Crippen LogP contribution in [0, 0.1) is 11.3 Å². The summed E-state index contributed by atoms with van der Waals surface area (Å²) >= 11 is 0. The summed E-state index contributed by atoms with van der Waals surface area (Å²) in [7, 11) is 0. The topological polar surface area (TPSA) is 119 Å². The molecule has 0 atom stereocenters. The molecule has 0 unspecified atom stereocenters. The van der Waals surface area contributed by atoms with Crippen molar-refractivity contribution in [3.8, 4) is 6.07 Å². The minimum absolute atomic E-state index is 0.0256. The van der Waals surface area contributed by atoms with Crippen molar-refractivity contribution in [1.29, 1.82) is 5.26 Å². The number of carbonyl (C=O) groups excluding carboxylic acids is 1. The second-order valence-electron chi connectivity index (χ2n) is 10.6. The monoisotopic (exact) mass is 599 g/mol. The second-order valence-corrected chi connectivity index (χ2v) is 10.6. The molecule has 1 fully saturated rings. The minimum atomic E-state index is -0.402. The number of hydrogen-bond acceptors (Lipinski definition) is 9. The first-order valence-corrected chi connectivity index (χ1v) is 15.2. The third-order valence-corrected chi connectivity index (χ3v) is 7.38. The van der Waals surface area contributed by atoms with Crippen LogP contribution in [0.2, 0.25) is 0 Å². The summed E-state index contributed by atoms with van der Waals surface area (Å²) in [6.45, 7) is 16.6. The number of benzene rings is 2. The molecule has 0 aliphatic carbocycles. The van der Waals surface area contributed by atoms with E-state index < -0.39 is 5.97 Å². The highest BCUT2D eigenvalue weighted by molar-refractivity contribution is 6.12. The number of unbranched alkanes of at least 4 members (excludes halogenated alkanes) is 1. The number of carbonyl (C=O) groups is 1. The normalized spacial score (nSPS) is 14.0. The standard InChI is InChI=1S/C35H45N5O4/c1-6-8-19-40(20-21-41)33-14-13-30(24-32(33)35(42)44-31-15-22-43-23-16-31)38-27(5)39-34(25(3)7-2)29-11-9-28(10-12-29)26(4)37-18-17-36/h7,9-14,24,31,37-38,41H,4-6,8,15-16,18-23H2,1-3H3/b25-7-,39-34+. The first-order chi connectivity index (χ1) is 21.3. The molecule has 3 N–H and O–H groups in total. The summed E-state index contributed by atoms with van der Waals surface area (Å²) in [6, 6.07) is 15.4. The Labute approximate surface area is 261 Å². The Kier molecular flexibility index (Phi) is 13.7. The molecule has 2 aromatic carbocycles. The third kappa shape index (κ3) is 9.83. The van der Waals surface area contributed by atoms with E-state index in [1.807, 2.05) is 61.2 Å². The zero-order valence-electron chi connectivity index (χ0n) is 26.2. The van der Waals surface area contributed by atoms with E-state index in [2.05, 4.69) is 36.8 Å². The number of aliphatic hydroxyl groups excluding tert-OH is 1. The second kappa shape index (κ2) is 17.7. The molecule has 1 heterocycles. The summed E-state index contributed by atoms with van der Waals surface area (Å²) < 4.78 is 11.3. The third-order valence-electron chi connectivity index (χ3n) is 7.38. The fourth-order valence-corrected chi connectivity index (χ4v) is 4.81. The van der Waals surface area contributed by atoms with Crippen LogP contribution in [0.1, 0.15) is 67.9 Å². The maximum atomic E-state index is 13.5. The van der Waals surface area contributed by atoms with Gasteiger partial charge in [-0.3, -0.25) is 0 Å². The number of nitrogens with one attached hydrogen (secondary N) is 2. The van der Waals surface area contributed by atoms with Gasteiger partial charge in [-0.2, -0.15) is 5.26 Å². The summed E-state index contributed by atoms with van der Waals surface area (Å²) in [5.41, 5.74) is 5.96. The lowest BCUT2D eigenvalue weighted by Gasteiger charge is -2.28. The smallest absolute Gasteiger partial charge is 0.340 e. The highest BCUT2D eigenvalue weighted by Crippen LogP contribution is 2.28. The number of rotatable bonds is 16. The van der Waals surface area contributed by atoms with Crippen LogP contribution < -0.4 is 15.5 Å². The van der Waals surface area contributed by atoms with Gasteiger partial charge in [0.25, 0.3) is 0 Å². The van der Waals surface area contributed by atoms with Gasteiger partial charge in [0.05, 0.1) is 42.9 Å². The Morgan fingerprint density at radius 1 is 1.18 bits per heavy atom. The molecular weight excluding hydrogens is 554 g/mol. The molecule has 0 bridgehead atoms. The van der Waals surface area contributed by atoms with Gasteiger partial charge in [0.1, 0.15) is 18.5 Å². The van der Waals surface area contributed by atoms with E-state index in [0.29, 0.717) is 61.9 Å². The van der Waals surface area contributed by atoms with Crippen LogP contribution in [0.5, 0.6) is 0 Å². The number of nitriles is 1. The van der Waals surface area contributed by atoms with E-state index in [-0.39, 0.29) is 19.3 Å². The molecule has 234 valence electrons. The fourth-order valence-electron chi connectivity index (χ4n) is 4.81. The molecule has 0 aromatic heterocycles. The average Bonchev–Trinajstić information content (AvgIpc) is 3.04. The Hall–Kier alpha value is -4.39. The highest BCUT2D eigenvalue weighted by atomic mass is 16.6. The average molecular weight is 600 g/mol. The summed E-state index contributed by atoms with van der Waals surface area (Å²) in [6.07, 6.45) is 5.04. The molecule has 1 aliphatic heterocycles. The minimum Gasteiger partial charge on any atom is -0.459 e. The quantitative estimate of drug-likeness (QED) is 0.121. The zero-order valence-corrected chi connectivity index (χ0v) is 26.2. The van der Waals surface area contributed by atoms with Crippen LogP contribution in [-0.4, -0.2) is 62.3 Å². The largest absolute Gasteiger partial charge is 0.459 e. The molecule has 1 aliphatic rings. The van der Waals surface area contributed by atoms with E-state index in [1.54, 1.807) is 6.07 Å². The van der Waals surface area contributed by atoms with Gasteiger partial charge in [-0.05, 0) is 49.6 Å². The van der Waals surface area contributed by atoms with E-state index in [4.69, 9.17) is 19.7 Å². The number of esters is 1. The van der Waals surface area contributed by atoms with Gasteiger partial charge >= 0.3 is 5.97 Å². The molecule has 3 rings (SSSR count).